The van der Waals surface area contributed by atoms with Crippen molar-refractivity contribution in [2.45, 2.75) is 11.8 Å². The van der Waals surface area contributed by atoms with Crippen molar-refractivity contribution < 1.29 is 15.0 Å². The Labute approximate surface area is 92.3 Å². The van der Waals surface area contributed by atoms with E-state index in [1.807, 2.05) is 0 Å². The number of carbonyl (C=O) groups is 1. The van der Waals surface area contributed by atoms with Crippen LogP contribution in [0.3, 0.4) is 0 Å². The van der Waals surface area contributed by atoms with E-state index in [1.54, 1.807) is 24.3 Å². The lowest BCUT2D eigenvalue weighted by Gasteiger charge is -2.13. The van der Waals surface area contributed by atoms with Crippen LogP contribution in [0, 0.1) is 5.92 Å². The lowest BCUT2D eigenvalue weighted by atomic mass is 9.93. The third kappa shape index (κ3) is 1.43. The molecular formula is C11H11ClO3. The Morgan fingerprint density at radius 1 is 1.53 bits per heavy atom. The van der Waals surface area contributed by atoms with E-state index in [4.69, 9.17) is 16.7 Å². The van der Waals surface area contributed by atoms with E-state index in [1.165, 1.54) is 0 Å². The molecule has 15 heavy (non-hydrogen) atoms. The SMILES string of the molecule is O=C(O)C1(c2ccccc2Cl)CC1CO. The van der Waals surface area contributed by atoms with Gasteiger partial charge in [0.25, 0.3) is 0 Å². The van der Waals surface area contributed by atoms with Crippen LogP contribution in [0.4, 0.5) is 0 Å². The first kappa shape index (κ1) is 10.5. The number of rotatable bonds is 3. The molecule has 2 unspecified atom stereocenters. The zero-order valence-corrected chi connectivity index (χ0v) is 8.74. The average Bonchev–Trinajstić information content (AvgIpc) is 2.94. The Bertz CT molecular complexity index is 405. The van der Waals surface area contributed by atoms with Crippen molar-refractivity contribution in [2.24, 2.45) is 5.92 Å². The molecule has 0 spiro atoms. The van der Waals surface area contributed by atoms with Crippen LogP contribution < -0.4 is 0 Å². The molecule has 1 aromatic rings. The number of carboxylic acid groups (broad SMARTS) is 1. The second-order valence-corrected chi connectivity index (χ2v) is 4.25. The summed E-state index contributed by atoms with van der Waals surface area (Å²) >= 11 is 5.97. The molecule has 0 amide bonds. The van der Waals surface area contributed by atoms with Gasteiger partial charge in [0, 0.05) is 17.5 Å². The van der Waals surface area contributed by atoms with E-state index in [-0.39, 0.29) is 12.5 Å². The van der Waals surface area contributed by atoms with E-state index >= 15 is 0 Å². The Kier molecular flexibility index (Phi) is 2.44. The highest BCUT2D eigenvalue weighted by Gasteiger charge is 2.61. The molecule has 0 aromatic heterocycles. The fourth-order valence-electron chi connectivity index (χ4n) is 2.08. The summed E-state index contributed by atoms with van der Waals surface area (Å²) in [6.45, 7) is -0.114. The van der Waals surface area contributed by atoms with Crippen LogP contribution in [-0.4, -0.2) is 22.8 Å². The second kappa shape index (κ2) is 3.51. The Hall–Kier alpha value is -1.06. The van der Waals surface area contributed by atoms with E-state index in [9.17, 15) is 9.90 Å². The molecule has 2 atom stereocenters. The van der Waals surface area contributed by atoms with Gasteiger partial charge < -0.3 is 10.2 Å². The average molecular weight is 227 g/mol. The van der Waals surface area contributed by atoms with E-state index < -0.39 is 11.4 Å². The number of halogens is 1. The van der Waals surface area contributed by atoms with Gasteiger partial charge in [0.2, 0.25) is 0 Å². The van der Waals surface area contributed by atoms with E-state index in [2.05, 4.69) is 0 Å². The number of hydrogen-bond acceptors (Lipinski definition) is 2. The van der Waals surface area contributed by atoms with Crippen LogP contribution in [0.1, 0.15) is 12.0 Å². The summed E-state index contributed by atoms with van der Waals surface area (Å²) in [6, 6.07) is 6.91. The van der Waals surface area contributed by atoms with Crippen LogP contribution >= 0.6 is 11.6 Å². The largest absolute Gasteiger partial charge is 0.481 e. The van der Waals surface area contributed by atoms with Gasteiger partial charge in [-0.3, -0.25) is 4.79 Å². The number of aliphatic hydroxyl groups is 1. The van der Waals surface area contributed by atoms with E-state index in [0.29, 0.717) is 17.0 Å². The van der Waals surface area contributed by atoms with Crippen LogP contribution in [0.25, 0.3) is 0 Å². The predicted molar refractivity (Wildman–Crippen MR) is 56.0 cm³/mol. The van der Waals surface area contributed by atoms with Crippen molar-refractivity contribution in [2.75, 3.05) is 6.61 Å². The number of hydrogen-bond donors (Lipinski definition) is 2. The smallest absolute Gasteiger partial charge is 0.314 e. The molecular weight excluding hydrogens is 216 g/mol. The van der Waals surface area contributed by atoms with Gasteiger partial charge in [-0.1, -0.05) is 29.8 Å². The van der Waals surface area contributed by atoms with Crippen LogP contribution in [0.5, 0.6) is 0 Å². The zero-order chi connectivity index (χ0) is 11.1. The molecule has 1 fully saturated rings. The number of benzene rings is 1. The Morgan fingerprint density at radius 2 is 2.20 bits per heavy atom. The highest BCUT2D eigenvalue weighted by atomic mass is 35.5. The van der Waals surface area contributed by atoms with Crippen molar-refractivity contribution >= 4 is 17.6 Å². The van der Waals surface area contributed by atoms with Gasteiger partial charge in [-0.25, -0.2) is 0 Å². The molecule has 2 N–H and O–H groups in total. The van der Waals surface area contributed by atoms with Gasteiger partial charge in [0.05, 0.1) is 5.41 Å². The van der Waals surface area contributed by atoms with Crippen molar-refractivity contribution in [1.82, 2.24) is 0 Å². The molecule has 2 rings (SSSR count). The van der Waals surface area contributed by atoms with Crippen molar-refractivity contribution in [3.63, 3.8) is 0 Å². The van der Waals surface area contributed by atoms with Crippen molar-refractivity contribution in [1.29, 1.82) is 0 Å². The molecule has 1 saturated carbocycles. The quantitative estimate of drug-likeness (QED) is 0.825. The highest BCUT2D eigenvalue weighted by molar-refractivity contribution is 6.31. The topological polar surface area (TPSA) is 57.5 Å². The molecule has 80 valence electrons. The summed E-state index contributed by atoms with van der Waals surface area (Å²) in [5.74, 6) is -1.12. The first-order valence-corrected chi connectivity index (χ1v) is 5.10. The normalized spacial score (nSPS) is 28.8. The molecule has 1 aromatic carbocycles. The first-order chi connectivity index (χ1) is 7.13. The second-order valence-electron chi connectivity index (χ2n) is 3.84. The highest BCUT2D eigenvalue weighted by Crippen LogP contribution is 2.55. The number of aliphatic hydroxyl groups excluding tert-OH is 1. The summed E-state index contributed by atoms with van der Waals surface area (Å²) in [5.41, 5.74) is -0.356. The minimum absolute atomic E-state index is 0.114. The summed E-state index contributed by atoms with van der Waals surface area (Å²) in [7, 11) is 0. The van der Waals surface area contributed by atoms with Crippen molar-refractivity contribution in [3.05, 3.63) is 34.9 Å². The van der Waals surface area contributed by atoms with Gasteiger partial charge in [0.15, 0.2) is 0 Å². The number of carboxylic acids is 1. The molecule has 0 radical (unpaired) electrons. The van der Waals surface area contributed by atoms with Gasteiger partial charge in [0.1, 0.15) is 0 Å². The van der Waals surface area contributed by atoms with Gasteiger partial charge in [-0.05, 0) is 18.1 Å². The molecule has 4 heteroatoms. The first-order valence-electron chi connectivity index (χ1n) is 4.72. The van der Waals surface area contributed by atoms with Crippen molar-refractivity contribution in [3.8, 4) is 0 Å². The van der Waals surface area contributed by atoms with Gasteiger partial charge in [-0.2, -0.15) is 0 Å². The van der Waals surface area contributed by atoms with Gasteiger partial charge in [-0.15, -0.1) is 0 Å². The van der Waals surface area contributed by atoms with Crippen LogP contribution in [0.2, 0.25) is 5.02 Å². The zero-order valence-electron chi connectivity index (χ0n) is 7.98. The molecule has 0 aliphatic heterocycles. The third-order valence-corrected chi connectivity index (χ3v) is 3.39. The fraction of sp³-hybridized carbons (Fsp3) is 0.364. The lowest BCUT2D eigenvalue weighted by Crippen LogP contribution is -2.24. The maximum absolute atomic E-state index is 11.2. The lowest BCUT2D eigenvalue weighted by molar-refractivity contribution is -0.140. The van der Waals surface area contributed by atoms with Crippen LogP contribution in [-0.2, 0) is 10.2 Å². The number of aliphatic carboxylic acids is 1. The maximum atomic E-state index is 11.2. The summed E-state index contributed by atoms with van der Waals surface area (Å²) < 4.78 is 0. The summed E-state index contributed by atoms with van der Waals surface area (Å²) in [5, 5.41) is 18.7. The monoisotopic (exact) mass is 226 g/mol. The standard InChI is InChI=1S/C11H11ClO3/c12-9-4-2-1-3-8(9)11(10(14)15)5-7(11)6-13/h1-4,7,13H,5-6H2,(H,14,15). The molecule has 0 heterocycles. The summed E-state index contributed by atoms with van der Waals surface area (Å²) in [4.78, 5) is 11.2. The minimum atomic E-state index is -0.965. The summed E-state index contributed by atoms with van der Waals surface area (Å²) in [6.07, 6.45) is 0.461. The Morgan fingerprint density at radius 3 is 2.67 bits per heavy atom. The molecule has 1 aliphatic rings. The predicted octanol–water partition coefficient (Wildman–Crippen LogP) is 1.67. The van der Waals surface area contributed by atoms with E-state index in [0.717, 1.165) is 0 Å². The third-order valence-electron chi connectivity index (χ3n) is 3.06. The molecule has 0 saturated heterocycles. The molecule has 3 nitrogen and oxygen atoms in total. The molecule has 1 aliphatic carbocycles. The van der Waals surface area contributed by atoms with Crippen LogP contribution in [0.15, 0.2) is 24.3 Å². The molecule has 0 bridgehead atoms. The van der Waals surface area contributed by atoms with Gasteiger partial charge >= 0.3 is 5.97 Å². The minimum Gasteiger partial charge on any atom is -0.481 e. The maximum Gasteiger partial charge on any atom is 0.314 e. The fourth-order valence-corrected chi connectivity index (χ4v) is 2.38. The Balaban J connectivity index is 2.45.